The summed E-state index contributed by atoms with van der Waals surface area (Å²) in [5, 5.41) is 5.45. The topological polar surface area (TPSA) is 157 Å². The van der Waals surface area contributed by atoms with Crippen LogP contribution in [0.3, 0.4) is 0 Å². The highest BCUT2D eigenvalue weighted by molar-refractivity contribution is 9.10. The monoisotopic (exact) mass is 709 g/mol. The van der Waals surface area contributed by atoms with Gasteiger partial charge in [0.2, 0.25) is 11.8 Å². The van der Waals surface area contributed by atoms with E-state index in [0.717, 1.165) is 19.3 Å². The first-order valence-electron chi connectivity index (χ1n) is 15.1. The second kappa shape index (κ2) is 12.3. The van der Waals surface area contributed by atoms with Crippen LogP contribution < -0.4 is 10.6 Å². The van der Waals surface area contributed by atoms with Crippen LogP contribution in [0.25, 0.3) is 0 Å². The Morgan fingerprint density at radius 1 is 1.07 bits per heavy atom. The fourth-order valence-corrected chi connectivity index (χ4v) is 7.90. The van der Waals surface area contributed by atoms with Crippen molar-refractivity contribution in [1.29, 1.82) is 0 Å². The molecule has 45 heavy (non-hydrogen) atoms. The Labute approximate surface area is 271 Å². The summed E-state index contributed by atoms with van der Waals surface area (Å²) in [4.78, 5) is 54.8. The number of ether oxygens (including phenoxy) is 2. The van der Waals surface area contributed by atoms with E-state index >= 15 is 0 Å². The molecule has 5 rings (SSSR count). The standard InChI is InChI=1S/C31H40BrN3O9S/c1-6-19-15-31(19,28(38)42-5)34-26(36)24-14-22(44-45(40,41)23-9-7-20(32)8-10-23)16-35(24)27(37)25(30(2,3)4)33-29(39)43-21-12-17-11-18(17)13-21/h6-10,17-19,21-22,24-25H,1,11-16H2,2-5H3,(H,33,39)(H,34,36)/t17-,18+,19-,21?,22+,24+,25-,31?/m1/s1. The summed E-state index contributed by atoms with van der Waals surface area (Å²) < 4.78 is 43.1. The van der Waals surface area contributed by atoms with Crippen LogP contribution in [0.2, 0.25) is 0 Å². The number of hydrogen-bond acceptors (Lipinski definition) is 9. The summed E-state index contributed by atoms with van der Waals surface area (Å²) >= 11 is 3.27. The molecule has 2 N–H and O–H groups in total. The van der Waals surface area contributed by atoms with Crippen molar-refractivity contribution in [3.8, 4) is 0 Å². The Morgan fingerprint density at radius 2 is 1.71 bits per heavy atom. The fraction of sp³-hybridized carbons (Fsp3) is 0.613. The summed E-state index contributed by atoms with van der Waals surface area (Å²) in [6.45, 7) is 8.77. The molecule has 0 spiro atoms. The number of nitrogens with one attached hydrogen (secondary N) is 2. The van der Waals surface area contributed by atoms with E-state index in [-0.39, 0.29) is 36.3 Å². The average Bonchev–Trinajstić information content (AvgIpc) is 3.78. The second-order valence-corrected chi connectivity index (χ2v) is 16.1. The minimum absolute atomic E-state index is 0.0885. The molecular formula is C31H40BrN3O9S. The van der Waals surface area contributed by atoms with Gasteiger partial charge in [0, 0.05) is 23.4 Å². The number of carbonyl (C=O) groups is 4. The number of nitrogens with zero attached hydrogens (tertiary/aromatic N) is 1. The van der Waals surface area contributed by atoms with Gasteiger partial charge in [0.1, 0.15) is 23.7 Å². The SMILES string of the molecule is C=C[C@@H]1CC1(NC(=O)[C@@H]1C[C@H](OS(=O)(=O)c2ccc(Br)cc2)CN1C(=O)[C@@H](NC(=O)OC1C[C@@H]2C[C@@H]2C1)C(C)(C)C)C(=O)OC. The zero-order valence-corrected chi connectivity index (χ0v) is 28.2. The Kier molecular flexibility index (Phi) is 9.15. The highest BCUT2D eigenvalue weighted by atomic mass is 79.9. The van der Waals surface area contributed by atoms with Gasteiger partial charge < -0.3 is 25.0 Å². The number of benzene rings is 1. The van der Waals surface area contributed by atoms with Crippen LogP contribution in [-0.4, -0.2) is 80.7 Å². The van der Waals surface area contributed by atoms with Crippen molar-refractivity contribution in [2.75, 3.05) is 13.7 Å². The highest BCUT2D eigenvalue weighted by Crippen LogP contribution is 2.52. The molecule has 8 atom stereocenters. The molecule has 0 radical (unpaired) electrons. The molecule has 1 aromatic carbocycles. The van der Waals surface area contributed by atoms with Crippen molar-refractivity contribution in [2.45, 2.75) is 87.6 Å². The molecular weight excluding hydrogens is 670 g/mol. The summed E-state index contributed by atoms with van der Waals surface area (Å²) in [6.07, 6.45) is 2.40. The second-order valence-electron chi connectivity index (χ2n) is 13.6. The highest BCUT2D eigenvalue weighted by Gasteiger charge is 2.62. The third kappa shape index (κ3) is 7.07. The predicted molar refractivity (Wildman–Crippen MR) is 165 cm³/mol. The molecule has 14 heteroatoms. The number of methoxy groups -OCH3 is 1. The maximum absolute atomic E-state index is 14.2. The quantitative estimate of drug-likeness (QED) is 0.211. The van der Waals surface area contributed by atoms with Crippen LogP contribution in [0.1, 0.15) is 52.9 Å². The van der Waals surface area contributed by atoms with Gasteiger partial charge >= 0.3 is 12.1 Å². The van der Waals surface area contributed by atoms with Gasteiger partial charge in [0.15, 0.2) is 0 Å². The maximum Gasteiger partial charge on any atom is 0.408 e. The van der Waals surface area contributed by atoms with E-state index in [1.807, 2.05) is 0 Å². The summed E-state index contributed by atoms with van der Waals surface area (Å²) in [6, 6.07) is 3.55. The molecule has 1 heterocycles. The van der Waals surface area contributed by atoms with Gasteiger partial charge in [0.25, 0.3) is 10.1 Å². The van der Waals surface area contributed by atoms with Crippen LogP contribution in [0, 0.1) is 23.2 Å². The minimum atomic E-state index is -4.26. The van der Waals surface area contributed by atoms with E-state index in [0.29, 0.717) is 16.3 Å². The third-order valence-corrected chi connectivity index (χ3v) is 11.2. The third-order valence-electron chi connectivity index (χ3n) is 9.26. The lowest BCUT2D eigenvalue weighted by Gasteiger charge is -2.35. The van der Waals surface area contributed by atoms with Crippen molar-refractivity contribution < 1.29 is 41.3 Å². The molecule has 3 amide bonds. The Morgan fingerprint density at radius 3 is 2.27 bits per heavy atom. The Hall–Kier alpha value is -2.97. The Bertz CT molecular complexity index is 1470. The minimum Gasteiger partial charge on any atom is -0.467 e. The number of rotatable bonds is 10. The molecule has 246 valence electrons. The largest absolute Gasteiger partial charge is 0.467 e. The van der Waals surface area contributed by atoms with Crippen LogP contribution in [0.4, 0.5) is 4.79 Å². The van der Waals surface area contributed by atoms with Crippen molar-refractivity contribution in [3.63, 3.8) is 0 Å². The maximum atomic E-state index is 14.2. The number of likely N-dealkylation sites (tertiary alicyclic amines) is 1. The van der Waals surface area contributed by atoms with Gasteiger partial charge in [-0.15, -0.1) is 6.58 Å². The van der Waals surface area contributed by atoms with Crippen LogP contribution in [-0.2, 0) is 38.2 Å². The van der Waals surface area contributed by atoms with E-state index in [1.54, 1.807) is 39.0 Å². The summed E-state index contributed by atoms with van der Waals surface area (Å²) in [7, 11) is -3.05. The first-order chi connectivity index (χ1) is 21.1. The fourth-order valence-electron chi connectivity index (χ4n) is 6.56. The molecule has 0 bridgehead atoms. The van der Waals surface area contributed by atoms with E-state index < -0.39 is 63.1 Å². The van der Waals surface area contributed by atoms with Gasteiger partial charge in [-0.05, 0) is 67.2 Å². The molecule has 4 aliphatic rings. The molecule has 12 nitrogen and oxygen atoms in total. The zero-order chi connectivity index (χ0) is 32.9. The lowest BCUT2D eigenvalue weighted by atomic mass is 9.85. The van der Waals surface area contributed by atoms with Crippen molar-refractivity contribution in [2.24, 2.45) is 23.2 Å². The molecule has 3 aliphatic carbocycles. The number of halogens is 1. The number of esters is 1. The molecule has 0 aromatic heterocycles. The first kappa shape index (κ1) is 33.4. The van der Waals surface area contributed by atoms with E-state index in [2.05, 4.69) is 33.1 Å². The van der Waals surface area contributed by atoms with Gasteiger partial charge in [-0.3, -0.25) is 13.8 Å². The lowest BCUT2D eigenvalue weighted by molar-refractivity contribution is -0.148. The summed E-state index contributed by atoms with van der Waals surface area (Å²) in [5.74, 6) is -1.11. The van der Waals surface area contributed by atoms with Crippen LogP contribution in [0.5, 0.6) is 0 Å². The van der Waals surface area contributed by atoms with Crippen LogP contribution in [0.15, 0.2) is 46.3 Å². The van der Waals surface area contributed by atoms with Crippen LogP contribution >= 0.6 is 15.9 Å². The number of hydrogen-bond donors (Lipinski definition) is 2. The van der Waals surface area contributed by atoms with Gasteiger partial charge in [0.05, 0.1) is 18.1 Å². The Balaban J connectivity index is 1.37. The van der Waals surface area contributed by atoms with E-state index in [9.17, 15) is 27.6 Å². The van der Waals surface area contributed by atoms with Crippen molar-refractivity contribution in [3.05, 3.63) is 41.4 Å². The predicted octanol–water partition coefficient (Wildman–Crippen LogP) is 3.30. The number of fused-ring (bicyclic) bond motifs is 1. The smallest absolute Gasteiger partial charge is 0.408 e. The van der Waals surface area contributed by atoms with Gasteiger partial charge in [-0.2, -0.15) is 8.42 Å². The molecule has 3 saturated carbocycles. The van der Waals surface area contributed by atoms with E-state index in [1.165, 1.54) is 24.1 Å². The molecule has 2 unspecified atom stereocenters. The zero-order valence-electron chi connectivity index (χ0n) is 25.8. The molecule has 1 saturated heterocycles. The number of amides is 3. The number of carbonyl (C=O) groups excluding carboxylic acids is 4. The molecule has 1 aliphatic heterocycles. The van der Waals surface area contributed by atoms with Gasteiger partial charge in [-0.25, -0.2) is 9.59 Å². The van der Waals surface area contributed by atoms with Crippen molar-refractivity contribution >= 4 is 49.9 Å². The number of alkyl carbamates (subject to hydrolysis) is 1. The average molecular weight is 711 g/mol. The van der Waals surface area contributed by atoms with Crippen molar-refractivity contribution in [1.82, 2.24) is 15.5 Å². The first-order valence-corrected chi connectivity index (χ1v) is 17.3. The van der Waals surface area contributed by atoms with E-state index in [4.69, 9.17) is 13.7 Å². The van der Waals surface area contributed by atoms with Gasteiger partial charge in [-0.1, -0.05) is 42.8 Å². The lowest BCUT2D eigenvalue weighted by Crippen LogP contribution is -2.59. The summed E-state index contributed by atoms with van der Waals surface area (Å²) in [5.41, 5.74) is -2.15. The normalized spacial score (nSPS) is 30.9. The molecule has 1 aromatic rings. The molecule has 4 fully saturated rings.